The molecule has 0 aromatic heterocycles. The van der Waals surface area contributed by atoms with Gasteiger partial charge in [0, 0.05) is 13.0 Å². The lowest BCUT2D eigenvalue weighted by Gasteiger charge is -2.28. The summed E-state index contributed by atoms with van der Waals surface area (Å²) < 4.78 is 22.9. The number of imide groups is 1. The summed E-state index contributed by atoms with van der Waals surface area (Å²) in [6.07, 6.45) is -1.04. The zero-order valence-corrected chi connectivity index (χ0v) is 17.7. The Hall–Kier alpha value is -3.57. The molecule has 1 unspecified atom stereocenters. The predicted octanol–water partition coefficient (Wildman–Crippen LogP) is 0.860. The summed E-state index contributed by atoms with van der Waals surface area (Å²) in [5.41, 5.74) is 0.861. The molecule has 1 heterocycles. The minimum absolute atomic E-state index is 0.115. The highest BCUT2D eigenvalue weighted by Gasteiger charge is 2.44. The number of hydrogen-bond acceptors (Lipinski definition) is 6. The highest BCUT2D eigenvalue weighted by Crippen LogP contribution is 2.27. The molecule has 0 radical (unpaired) electrons. The first-order valence-corrected chi connectivity index (χ1v) is 11.2. The van der Waals surface area contributed by atoms with Crippen molar-refractivity contribution in [3.8, 4) is 0 Å². The Balaban J connectivity index is 1.89. The SMILES string of the molecule is NS(=O)(=O)c1ccc(CN(C(=O)CCC(=O)O)C2CC(=O)N(c3ccccc3)C2=O)cc1. The van der Waals surface area contributed by atoms with Crippen molar-refractivity contribution in [3.05, 3.63) is 60.2 Å². The van der Waals surface area contributed by atoms with Crippen molar-refractivity contribution in [2.45, 2.75) is 36.7 Å². The van der Waals surface area contributed by atoms with E-state index in [2.05, 4.69) is 0 Å². The standard InChI is InChI=1S/C21H21N3O7S/c22-32(30,31)16-8-6-14(7-9-16)13-23(18(25)10-11-20(27)28)17-12-19(26)24(21(17)29)15-4-2-1-3-5-15/h1-9,17H,10-13H2,(H,27,28)(H2,22,30,31). The molecule has 3 amide bonds. The van der Waals surface area contributed by atoms with Crippen molar-refractivity contribution >= 4 is 39.4 Å². The van der Waals surface area contributed by atoms with Crippen LogP contribution < -0.4 is 10.0 Å². The number of nitrogens with two attached hydrogens (primary N) is 1. The number of sulfonamides is 1. The maximum absolute atomic E-state index is 13.1. The third-order valence-electron chi connectivity index (χ3n) is 4.99. The molecule has 1 aliphatic heterocycles. The number of rotatable bonds is 8. The minimum atomic E-state index is -3.90. The third kappa shape index (κ3) is 5.18. The Morgan fingerprint density at radius 2 is 1.66 bits per heavy atom. The Labute approximate surface area is 184 Å². The number of para-hydroxylation sites is 1. The number of anilines is 1. The minimum Gasteiger partial charge on any atom is -0.481 e. The van der Waals surface area contributed by atoms with E-state index in [0.29, 0.717) is 11.3 Å². The van der Waals surface area contributed by atoms with Crippen molar-refractivity contribution in [1.29, 1.82) is 0 Å². The second-order valence-corrected chi connectivity index (χ2v) is 8.79. The van der Waals surface area contributed by atoms with Gasteiger partial charge in [-0.3, -0.25) is 19.2 Å². The van der Waals surface area contributed by atoms with Crippen LogP contribution >= 0.6 is 0 Å². The normalized spacial score (nSPS) is 16.3. The first-order chi connectivity index (χ1) is 15.1. The molecule has 0 aliphatic carbocycles. The zero-order valence-electron chi connectivity index (χ0n) is 16.9. The van der Waals surface area contributed by atoms with Crippen LogP contribution in [-0.2, 0) is 35.7 Å². The van der Waals surface area contributed by atoms with Crippen molar-refractivity contribution in [2.24, 2.45) is 5.14 Å². The number of carboxylic acids is 1. The number of hydrogen-bond donors (Lipinski definition) is 2. The van der Waals surface area contributed by atoms with Crippen LogP contribution in [0, 0.1) is 0 Å². The van der Waals surface area contributed by atoms with Gasteiger partial charge in [-0.1, -0.05) is 30.3 Å². The van der Waals surface area contributed by atoms with Gasteiger partial charge in [-0.05, 0) is 29.8 Å². The lowest BCUT2D eigenvalue weighted by atomic mass is 10.1. The monoisotopic (exact) mass is 459 g/mol. The molecule has 1 aliphatic rings. The number of carbonyl (C=O) groups is 4. The van der Waals surface area contributed by atoms with Crippen LogP contribution in [0.15, 0.2) is 59.5 Å². The Kier molecular flexibility index (Phi) is 6.70. The van der Waals surface area contributed by atoms with Crippen molar-refractivity contribution in [3.63, 3.8) is 0 Å². The third-order valence-corrected chi connectivity index (χ3v) is 5.92. The molecule has 3 N–H and O–H groups in total. The van der Waals surface area contributed by atoms with Gasteiger partial charge in [0.25, 0.3) is 5.91 Å². The Morgan fingerprint density at radius 1 is 1.03 bits per heavy atom. The van der Waals surface area contributed by atoms with E-state index in [4.69, 9.17) is 10.2 Å². The highest BCUT2D eigenvalue weighted by molar-refractivity contribution is 7.89. The lowest BCUT2D eigenvalue weighted by Crippen LogP contribution is -2.45. The molecular weight excluding hydrogens is 438 g/mol. The Morgan fingerprint density at radius 3 is 2.22 bits per heavy atom. The van der Waals surface area contributed by atoms with E-state index in [0.717, 1.165) is 9.80 Å². The second-order valence-electron chi connectivity index (χ2n) is 7.23. The van der Waals surface area contributed by atoms with Gasteiger partial charge in [-0.2, -0.15) is 0 Å². The van der Waals surface area contributed by atoms with E-state index in [1.54, 1.807) is 30.3 Å². The molecule has 168 valence electrons. The summed E-state index contributed by atoms with van der Waals surface area (Å²) >= 11 is 0. The molecule has 0 saturated carbocycles. The van der Waals surface area contributed by atoms with E-state index in [1.807, 2.05) is 0 Å². The quantitative estimate of drug-likeness (QED) is 0.555. The molecule has 11 heteroatoms. The smallest absolute Gasteiger partial charge is 0.303 e. The highest BCUT2D eigenvalue weighted by atomic mass is 32.2. The van der Waals surface area contributed by atoms with E-state index in [-0.39, 0.29) is 24.3 Å². The first-order valence-electron chi connectivity index (χ1n) is 9.63. The van der Waals surface area contributed by atoms with Gasteiger partial charge < -0.3 is 10.0 Å². The fraction of sp³-hybridized carbons (Fsp3) is 0.238. The summed E-state index contributed by atoms with van der Waals surface area (Å²) in [5.74, 6) is -2.85. The number of carbonyl (C=O) groups excluding carboxylic acids is 3. The summed E-state index contributed by atoms with van der Waals surface area (Å²) in [7, 11) is -3.90. The molecule has 0 spiro atoms. The maximum Gasteiger partial charge on any atom is 0.303 e. The van der Waals surface area contributed by atoms with Crippen molar-refractivity contribution in [2.75, 3.05) is 4.90 Å². The number of primary sulfonamides is 1. The van der Waals surface area contributed by atoms with Crippen molar-refractivity contribution in [1.82, 2.24) is 4.90 Å². The molecule has 2 aromatic rings. The van der Waals surface area contributed by atoms with Crippen molar-refractivity contribution < 1.29 is 32.7 Å². The van der Waals surface area contributed by atoms with Crippen LogP contribution in [0.1, 0.15) is 24.8 Å². The fourth-order valence-electron chi connectivity index (χ4n) is 3.42. The predicted molar refractivity (Wildman–Crippen MR) is 113 cm³/mol. The summed E-state index contributed by atoms with van der Waals surface area (Å²) in [5, 5.41) is 14.0. The summed E-state index contributed by atoms with van der Waals surface area (Å²) in [6, 6.07) is 12.6. The van der Waals surface area contributed by atoms with Crippen LogP contribution in [0.5, 0.6) is 0 Å². The number of nitrogens with zero attached hydrogens (tertiary/aromatic N) is 2. The van der Waals surface area contributed by atoms with Crippen LogP contribution in [0.3, 0.4) is 0 Å². The molecule has 1 atom stereocenters. The molecule has 1 saturated heterocycles. The van der Waals surface area contributed by atoms with Gasteiger partial charge in [0.05, 0.1) is 23.4 Å². The lowest BCUT2D eigenvalue weighted by molar-refractivity contribution is -0.143. The maximum atomic E-state index is 13.1. The second kappa shape index (κ2) is 9.28. The number of benzene rings is 2. The first kappa shape index (κ1) is 23.1. The molecule has 3 rings (SSSR count). The number of amides is 3. The largest absolute Gasteiger partial charge is 0.481 e. The van der Waals surface area contributed by atoms with Gasteiger partial charge in [-0.15, -0.1) is 0 Å². The van der Waals surface area contributed by atoms with E-state index < -0.39 is 46.2 Å². The Bertz CT molecular complexity index is 1150. The van der Waals surface area contributed by atoms with Gasteiger partial charge in [0.1, 0.15) is 6.04 Å². The molecule has 0 bridgehead atoms. The van der Waals surface area contributed by atoms with Crippen LogP contribution in [-0.4, -0.2) is 48.2 Å². The molecule has 1 fully saturated rings. The molecule has 32 heavy (non-hydrogen) atoms. The van der Waals surface area contributed by atoms with Gasteiger partial charge in [0.2, 0.25) is 21.8 Å². The van der Waals surface area contributed by atoms with Gasteiger partial charge in [-0.25, -0.2) is 18.5 Å². The van der Waals surface area contributed by atoms with E-state index in [1.165, 1.54) is 24.3 Å². The van der Waals surface area contributed by atoms with Crippen LogP contribution in [0.2, 0.25) is 0 Å². The van der Waals surface area contributed by atoms with Gasteiger partial charge in [0.15, 0.2) is 0 Å². The van der Waals surface area contributed by atoms with E-state index >= 15 is 0 Å². The van der Waals surface area contributed by atoms with Crippen LogP contribution in [0.25, 0.3) is 0 Å². The number of aliphatic carboxylic acids is 1. The zero-order chi connectivity index (χ0) is 23.5. The molecule has 2 aromatic carbocycles. The number of carboxylic acid groups (broad SMARTS) is 1. The summed E-state index contributed by atoms with van der Waals surface area (Å²) in [6.45, 7) is -0.115. The summed E-state index contributed by atoms with van der Waals surface area (Å²) in [4.78, 5) is 51.5. The van der Waals surface area contributed by atoms with Crippen LogP contribution in [0.4, 0.5) is 5.69 Å². The average Bonchev–Trinajstić information content (AvgIpc) is 3.04. The average molecular weight is 459 g/mol. The fourth-order valence-corrected chi connectivity index (χ4v) is 3.93. The van der Waals surface area contributed by atoms with E-state index in [9.17, 15) is 27.6 Å². The van der Waals surface area contributed by atoms with Gasteiger partial charge >= 0.3 is 5.97 Å². The molecular formula is C21H21N3O7S. The molecule has 10 nitrogen and oxygen atoms in total. The topological polar surface area (TPSA) is 155 Å².